The first kappa shape index (κ1) is 11.5. The standard InChI is InChI=1S/C11H14N4O2/c1-8-4-5-12-11(14-8)13-6-7-15-9(16)2-3-10(15)17/h4-5H,2-3,6-7H2,1H3,(H,12,13,14). The minimum absolute atomic E-state index is 0.0954. The lowest BCUT2D eigenvalue weighted by Crippen LogP contribution is -2.33. The summed E-state index contributed by atoms with van der Waals surface area (Å²) in [5, 5.41) is 2.99. The molecule has 2 heterocycles. The molecule has 2 amide bonds. The third kappa shape index (κ3) is 2.77. The minimum Gasteiger partial charge on any atom is -0.352 e. The first-order chi connectivity index (χ1) is 8.16. The van der Waals surface area contributed by atoms with Gasteiger partial charge < -0.3 is 5.32 Å². The average Bonchev–Trinajstić information content (AvgIpc) is 2.61. The fraction of sp³-hybridized carbons (Fsp3) is 0.455. The van der Waals surface area contributed by atoms with Crippen molar-refractivity contribution in [2.45, 2.75) is 19.8 Å². The summed E-state index contributed by atoms with van der Waals surface area (Å²) >= 11 is 0. The molecule has 0 saturated carbocycles. The van der Waals surface area contributed by atoms with Crippen LogP contribution in [0.4, 0.5) is 5.95 Å². The lowest BCUT2D eigenvalue weighted by molar-refractivity contribution is -0.138. The maximum Gasteiger partial charge on any atom is 0.229 e. The number of imide groups is 1. The van der Waals surface area contributed by atoms with E-state index < -0.39 is 0 Å². The predicted molar refractivity (Wildman–Crippen MR) is 61.2 cm³/mol. The van der Waals surface area contributed by atoms with Gasteiger partial charge in [-0.2, -0.15) is 0 Å². The maximum atomic E-state index is 11.3. The van der Waals surface area contributed by atoms with E-state index in [9.17, 15) is 9.59 Å². The van der Waals surface area contributed by atoms with Crippen LogP contribution in [0, 0.1) is 6.92 Å². The number of rotatable bonds is 4. The Morgan fingerprint density at radius 1 is 1.35 bits per heavy atom. The van der Waals surface area contributed by atoms with Gasteiger partial charge in [-0.25, -0.2) is 9.97 Å². The van der Waals surface area contributed by atoms with Crippen molar-refractivity contribution < 1.29 is 9.59 Å². The molecule has 0 spiro atoms. The smallest absolute Gasteiger partial charge is 0.229 e. The van der Waals surface area contributed by atoms with Crippen LogP contribution in [0.1, 0.15) is 18.5 Å². The molecule has 1 aromatic rings. The van der Waals surface area contributed by atoms with Gasteiger partial charge in [0.05, 0.1) is 0 Å². The molecule has 1 aliphatic rings. The van der Waals surface area contributed by atoms with Gasteiger partial charge in [0.2, 0.25) is 17.8 Å². The molecular formula is C11H14N4O2. The second kappa shape index (κ2) is 4.90. The number of aryl methyl sites for hydroxylation is 1. The largest absolute Gasteiger partial charge is 0.352 e. The fourth-order valence-corrected chi connectivity index (χ4v) is 1.69. The van der Waals surface area contributed by atoms with E-state index in [1.165, 1.54) is 4.90 Å². The number of carbonyl (C=O) groups excluding carboxylic acids is 2. The summed E-state index contributed by atoms with van der Waals surface area (Å²) in [6.45, 7) is 2.72. The fourth-order valence-electron chi connectivity index (χ4n) is 1.69. The van der Waals surface area contributed by atoms with Gasteiger partial charge in [0.15, 0.2) is 0 Å². The van der Waals surface area contributed by atoms with Gasteiger partial charge in [-0.1, -0.05) is 0 Å². The molecule has 0 aromatic carbocycles. The van der Waals surface area contributed by atoms with Crippen molar-refractivity contribution in [2.24, 2.45) is 0 Å². The van der Waals surface area contributed by atoms with Gasteiger partial charge in [0, 0.05) is 37.8 Å². The normalized spacial score (nSPS) is 15.5. The van der Waals surface area contributed by atoms with E-state index in [2.05, 4.69) is 15.3 Å². The van der Waals surface area contributed by atoms with Gasteiger partial charge in [-0.05, 0) is 13.0 Å². The van der Waals surface area contributed by atoms with Crippen molar-refractivity contribution in [3.8, 4) is 0 Å². The Kier molecular flexibility index (Phi) is 3.32. The molecule has 6 heteroatoms. The monoisotopic (exact) mass is 234 g/mol. The molecule has 1 saturated heterocycles. The number of nitrogens with one attached hydrogen (secondary N) is 1. The maximum absolute atomic E-state index is 11.3. The molecule has 0 unspecified atom stereocenters. The Labute approximate surface area is 99.1 Å². The molecule has 1 aliphatic heterocycles. The van der Waals surface area contributed by atoms with Gasteiger partial charge in [-0.15, -0.1) is 0 Å². The van der Waals surface area contributed by atoms with Crippen LogP contribution in [0.2, 0.25) is 0 Å². The van der Waals surface area contributed by atoms with Crippen LogP contribution in [0.15, 0.2) is 12.3 Å². The number of nitrogens with zero attached hydrogens (tertiary/aromatic N) is 3. The number of hydrogen-bond donors (Lipinski definition) is 1. The number of likely N-dealkylation sites (tertiary alicyclic amines) is 1. The number of carbonyl (C=O) groups is 2. The molecule has 0 atom stereocenters. The van der Waals surface area contributed by atoms with E-state index in [1.54, 1.807) is 12.3 Å². The zero-order valence-electron chi connectivity index (χ0n) is 9.64. The quantitative estimate of drug-likeness (QED) is 0.761. The predicted octanol–water partition coefficient (Wildman–Crippen LogP) is 0.346. The summed E-state index contributed by atoms with van der Waals surface area (Å²) in [6, 6.07) is 1.80. The summed E-state index contributed by atoms with van der Waals surface area (Å²) < 4.78 is 0. The van der Waals surface area contributed by atoms with Crippen molar-refractivity contribution in [1.29, 1.82) is 0 Å². The van der Waals surface area contributed by atoms with Gasteiger partial charge in [0.25, 0.3) is 0 Å². The van der Waals surface area contributed by atoms with Crippen LogP contribution < -0.4 is 5.32 Å². The summed E-state index contributed by atoms with van der Waals surface area (Å²) in [7, 11) is 0. The third-order valence-electron chi connectivity index (χ3n) is 2.57. The van der Waals surface area contributed by atoms with Crippen LogP contribution in [-0.2, 0) is 9.59 Å². The van der Waals surface area contributed by atoms with Crippen LogP contribution in [0.3, 0.4) is 0 Å². The third-order valence-corrected chi connectivity index (χ3v) is 2.57. The van der Waals surface area contributed by atoms with Crippen LogP contribution >= 0.6 is 0 Å². The Balaban J connectivity index is 1.83. The van der Waals surface area contributed by atoms with Crippen molar-refractivity contribution in [1.82, 2.24) is 14.9 Å². The van der Waals surface area contributed by atoms with Crippen LogP contribution in [0.25, 0.3) is 0 Å². The topological polar surface area (TPSA) is 75.2 Å². The average molecular weight is 234 g/mol. The Bertz CT molecular complexity index is 431. The van der Waals surface area contributed by atoms with Crippen molar-refractivity contribution in [3.63, 3.8) is 0 Å². The molecule has 0 bridgehead atoms. The van der Waals surface area contributed by atoms with E-state index in [4.69, 9.17) is 0 Å². The van der Waals surface area contributed by atoms with Crippen molar-refractivity contribution in [3.05, 3.63) is 18.0 Å². The molecule has 2 rings (SSSR count). The highest BCUT2D eigenvalue weighted by atomic mass is 16.2. The molecule has 0 radical (unpaired) electrons. The number of anilines is 1. The summed E-state index contributed by atoms with van der Waals surface area (Å²) in [4.78, 5) is 32.1. The lowest BCUT2D eigenvalue weighted by atomic mass is 10.4. The number of amides is 2. The van der Waals surface area contributed by atoms with Crippen LogP contribution in [-0.4, -0.2) is 39.8 Å². The molecule has 6 nitrogen and oxygen atoms in total. The summed E-state index contributed by atoms with van der Waals surface area (Å²) in [5.74, 6) is 0.327. The van der Waals surface area contributed by atoms with Crippen molar-refractivity contribution >= 4 is 17.8 Å². The Morgan fingerprint density at radius 3 is 2.71 bits per heavy atom. The molecular weight excluding hydrogens is 220 g/mol. The Hall–Kier alpha value is -1.98. The van der Waals surface area contributed by atoms with E-state index in [-0.39, 0.29) is 11.8 Å². The highest BCUT2D eigenvalue weighted by Crippen LogP contribution is 2.10. The van der Waals surface area contributed by atoms with Crippen molar-refractivity contribution in [2.75, 3.05) is 18.4 Å². The first-order valence-electron chi connectivity index (χ1n) is 5.53. The van der Waals surface area contributed by atoms with Gasteiger partial charge in [0.1, 0.15) is 0 Å². The van der Waals surface area contributed by atoms with E-state index in [1.807, 2.05) is 6.92 Å². The molecule has 1 fully saturated rings. The zero-order chi connectivity index (χ0) is 12.3. The summed E-state index contributed by atoms with van der Waals surface area (Å²) in [5.41, 5.74) is 0.871. The molecule has 1 aromatic heterocycles. The Morgan fingerprint density at radius 2 is 2.06 bits per heavy atom. The second-order valence-electron chi connectivity index (χ2n) is 3.89. The van der Waals surface area contributed by atoms with Crippen LogP contribution in [0.5, 0.6) is 0 Å². The van der Waals surface area contributed by atoms with Gasteiger partial charge >= 0.3 is 0 Å². The lowest BCUT2D eigenvalue weighted by Gasteiger charge is -2.13. The van der Waals surface area contributed by atoms with E-state index in [0.29, 0.717) is 31.9 Å². The highest BCUT2D eigenvalue weighted by molar-refractivity contribution is 6.01. The second-order valence-corrected chi connectivity index (χ2v) is 3.89. The van der Waals surface area contributed by atoms with E-state index in [0.717, 1.165) is 5.69 Å². The molecule has 17 heavy (non-hydrogen) atoms. The molecule has 90 valence electrons. The molecule has 0 aliphatic carbocycles. The highest BCUT2D eigenvalue weighted by Gasteiger charge is 2.27. The summed E-state index contributed by atoms with van der Waals surface area (Å²) in [6.07, 6.45) is 2.33. The SMILES string of the molecule is Cc1ccnc(NCCN2C(=O)CCC2=O)n1. The minimum atomic E-state index is -0.0954. The van der Waals surface area contributed by atoms with Gasteiger partial charge in [-0.3, -0.25) is 14.5 Å². The van der Waals surface area contributed by atoms with E-state index >= 15 is 0 Å². The number of hydrogen-bond acceptors (Lipinski definition) is 5. The number of aromatic nitrogens is 2. The molecule has 1 N–H and O–H groups in total. The first-order valence-corrected chi connectivity index (χ1v) is 5.53. The zero-order valence-corrected chi connectivity index (χ0v) is 9.64.